The zero-order valence-corrected chi connectivity index (χ0v) is 9.03. The molecule has 1 atom stereocenters. The summed E-state index contributed by atoms with van der Waals surface area (Å²) in [4.78, 5) is 0. The lowest BCUT2D eigenvalue weighted by Crippen LogP contribution is -2.35. The van der Waals surface area contributed by atoms with E-state index in [-0.39, 0.29) is 0 Å². The van der Waals surface area contributed by atoms with Crippen molar-refractivity contribution < 1.29 is 26.9 Å². The van der Waals surface area contributed by atoms with Crippen LogP contribution in [-0.2, 0) is 9.09 Å². The van der Waals surface area contributed by atoms with Crippen molar-refractivity contribution in [3.8, 4) is 0 Å². The number of hydrogen-bond donors (Lipinski definition) is 1. The summed E-state index contributed by atoms with van der Waals surface area (Å²) < 4.78 is 116. The van der Waals surface area contributed by atoms with Gasteiger partial charge in [-0.2, -0.15) is 0 Å². The van der Waals surface area contributed by atoms with Gasteiger partial charge in [0, 0.05) is 44.9 Å². The standard InChI is InChI=1S/C7H15Cl2N2O2P/c8-2-5-11(6-3-9)14(12)10-4-1-7-13-14/h1-7H2,(H,10,12)/i1D2,2D2,4D2,5D2,6D2,7D2/hD. The maximum atomic E-state index is 13.3. The summed E-state index contributed by atoms with van der Waals surface area (Å²) in [6.45, 7) is -14.5. The molecule has 1 aliphatic rings. The van der Waals surface area contributed by atoms with Gasteiger partial charge >= 0.3 is 7.67 Å². The Labute approximate surface area is 113 Å². The third-order valence-electron chi connectivity index (χ3n) is 1.06. The van der Waals surface area contributed by atoms with E-state index in [4.69, 9.17) is 41.1 Å². The molecule has 1 aliphatic heterocycles. The van der Waals surface area contributed by atoms with E-state index in [1.807, 2.05) is 0 Å². The van der Waals surface area contributed by atoms with Crippen molar-refractivity contribution in [3.05, 3.63) is 0 Å². The lowest BCUT2D eigenvalue weighted by atomic mass is 10.5. The highest BCUT2D eigenvalue weighted by Gasteiger charge is 2.32. The first-order valence-electron chi connectivity index (χ1n) is 9.65. The average Bonchev–Trinajstić information content (AvgIpc) is 2.42. The van der Waals surface area contributed by atoms with Gasteiger partial charge in [-0.3, -0.25) is 4.57 Å². The molecule has 0 aromatic heterocycles. The topological polar surface area (TPSA) is 41.6 Å². The summed E-state index contributed by atoms with van der Waals surface area (Å²) in [7, 11) is -5.81. The zero-order chi connectivity index (χ0) is 22.1. The van der Waals surface area contributed by atoms with E-state index in [0.29, 0.717) is 0 Å². The van der Waals surface area contributed by atoms with Gasteiger partial charge in [-0.25, -0.2) is 9.75 Å². The predicted octanol–water partition coefficient (Wildman–Crippen LogP) is 1.88. The fraction of sp³-hybridized carbons (Fsp3) is 1.00. The summed E-state index contributed by atoms with van der Waals surface area (Å²) in [5.74, 6) is -4.69. The van der Waals surface area contributed by atoms with E-state index in [1.54, 1.807) is 0 Å². The van der Waals surface area contributed by atoms with Crippen LogP contribution in [0.4, 0.5) is 0 Å². The van der Waals surface area contributed by atoms with Crippen LogP contribution in [0.15, 0.2) is 0 Å². The fourth-order valence-corrected chi connectivity index (χ4v) is 1.91. The summed E-state index contributed by atoms with van der Waals surface area (Å²) in [6.07, 6.45) is -3.61. The van der Waals surface area contributed by atoms with Crippen molar-refractivity contribution in [1.29, 1.82) is 0 Å². The first-order chi connectivity index (χ1) is 11.5. The van der Waals surface area contributed by atoms with Gasteiger partial charge in [0.15, 0.2) is 0 Å². The van der Waals surface area contributed by atoms with E-state index < -0.39 is 61.6 Å². The molecule has 1 heterocycles. The van der Waals surface area contributed by atoms with Gasteiger partial charge in [0.05, 0.1) is 9.30 Å². The number of rotatable bonds is 5. The summed E-state index contributed by atoms with van der Waals surface area (Å²) >= 11 is 10.7. The molecule has 0 aliphatic carbocycles. The molecule has 14 heavy (non-hydrogen) atoms. The third-order valence-corrected chi connectivity index (χ3v) is 2.69. The molecular weight excluding hydrogens is 246 g/mol. The summed E-state index contributed by atoms with van der Waals surface area (Å²) in [5, 5.41) is -0.758. The van der Waals surface area contributed by atoms with Crippen molar-refractivity contribution in [2.75, 3.05) is 37.8 Å². The molecular formula is C7H15Cl2N2O2P. The number of alkyl halides is 2. The molecule has 0 aromatic rings. The normalized spacial score (nSPS) is 57.2. The minimum atomic E-state index is -5.81. The van der Waals surface area contributed by atoms with Gasteiger partial charge in [-0.15, -0.1) is 23.2 Å². The van der Waals surface area contributed by atoms with Gasteiger partial charge in [0.2, 0.25) is 0 Å². The van der Waals surface area contributed by atoms with Crippen molar-refractivity contribution in [2.24, 2.45) is 0 Å². The van der Waals surface area contributed by atoms with E-state index >= 15 is 0 Å². The lowest BCUT2D eigenvalue weighted by molar-refractivity contribution is 0.233. The van der Waals surface area contributed by atoms with Crippen molar-refractivity contribution in [1.82, 2.24) is 9.75 Å². The van der Waals surface area contributed by atoms with Crippen LogP contribution >= 0.6 is 30.9 Å². The van der Waals surface area contributed by atoms with E-state index in [1.165, 1.54) is 0 Å². The molecule has 1 unspecified atom stereocenters. The first-order valence-corrected chi connectivity index (χ1v) is 5.64. The van der Waals surface area contributed by atoms with E-state index in [2.05, 4.69) is 4.52 Å². The second kappa shape index (κ2) is 6.31. The van der Waals surface area contributed by atoms with Crippen LogP contribution in [-0.4, -0.2) is 42.4 Å². The number of nitrogens with one attached hydrogen (secondary N) is 1. The second-order valence-corrected chi connectivity index (χ2v) is 4.05. The quantitative estimate of drug-likeness (QED) is 0.614. The van der Waals surface area contributed by atoms with Gasteiger partial charge in [0.1, 0.15) is 1.41 Å². The highest BCUT2D eigenvalue weighted by Crippen LogP contribution is 2.47. The smallest absolute Gasteiger partial charge is 0.306 e. The number of hydrogen-bond acceptors (Lipinski definition) is 2. The molecule has 84 valence electrons. The maximum Gasteiger partial charge on any atom is 0.343 e. The zero-order valence-electron chi connectivity index (χ0n) is 19.6. The minimum Gasteiger partial charge on any atom is -0.306 e. The van der Waals surface area contributed by atoms with Crippen LogP contribution in [0.5, 0.6) is 0 Å². The SMILES string of the molecule is [2H]N1C([2H])([2H])C([2H])([2H])C([2H])([2H])OP1(=O)N(C([2H])([2H])CCl)C([2H])([2H])C([2H])([2H])Cl. The van der Waals surface area contributed by atoms with Crippen molar-refractivity contribution in [3.63, 3.8) is 0 Å². The molecule has 7 heteroatoms. The van der Waals surface area contributed by atoms with Gasteiger partial charge < -0.3 is 4.52 Å². The minimum absolute atomic E-state index is 0.592. The van der Waals surface area contributed by atoms with Gasteiger partial charge in [0.25, 0.3) is 0 Å². The summed E-state index contributed by atoms with van der Waals surface area (Å²) in [6, 6.07) is 0. The molecule has 1 N–H and O–H groups in total. The van der Waals surface area contributed by atoms with Crippen LogP contribution in [0.2, 0.25) is 1.41 Å². The van der Waals surface area contributed by atoms with Gasteiger partial charge in [-0.1, -0.05) is 0 Å². The fourth-order valence-electron chi connectivity index (χ4n) is 0.588. The number of nitrogens with zero attached hydrogens (tertiary/aromatic N) is 1. The third kappa shape index (κ3) is 3.37. The van der Waals surface area contributed by atoms with E-state index in [9.17, 15) is 4.57 Å². The molecule has 1 fully saturated rings. The molecule has 0 aromatic carbocycles. The second-order valence-electron chi connectivity index (χ2n) is 1.83. The predicted molar refractivity (Wildman–Crippen MR) is 59.2 cm³/mol. The summed E-state index contributed by atoms with van der Waals surface area (Å²) in [5.41, 5.74) is 0. The molecule has 4 nitrogen and oxygen atoms in total. The Morgan fingerprint density at radius 1 is 1.71 bits per heavy atom. The molecule has 0 amide bonds. The molecule has 0 bridgehead atoms. The van der Waals surface area contributed by atoms with Crippen LogP contribution in [0.25, 0.3) is 0 Å². The molecule has 1 rings (SSSR count). The molecule has 0 spiro atoms. The van der Waals surface area contributed by atoms with Crippen molar-refractivity contribution >= 4 is 30.9 Å². The number of halogens is 2. The molecule has 0 saturated carbocycles. The Morgan fingerprint density at radius 3 is 3.14 bits per heavy atom. The maximum absolute atomic E-state index is 13.3. The Morgan fingerprint density at radius 2 is 2.50 bits per heavy atom. The monoisotopic (exact) mass is 273 g/mol. The van der Waals surface area contributed by atoms with E-state index in [0.717, 1.165) is 0 Å². The highest BCUT2D eigenvalue weighted by molar-refractivity contribution is 7.54. The van der Waals surface area contributed by atoms with Gasteiger partial charge in [-0.05, 0) is 6.37 Å². The Hall–Kier alpha value is 0.690. The Kier molecular flexibility index (Phi) is 1.62. The van der Waals surface area contributed by atoms with Crippen LogP contribution in [0.3, 0.4) is 0 Å². The highest BCUT2D eigenvalue weighted by atomic mass is 35.5. The Balaban J connectivity index is 3.85. The van der Waals surface area contributed by atoms with Crippen molar-refractivity contribution in [2.45, 2.75) is 6.37 Å². The lowest BCUT2D eigenvalue weighted by Gasteiger charge is -2.33. The molecule has 0 radical (unpaired) electrons. The Bertz CT molecular complexity index is 641. The molecule has 1 saturated heterocycles. The van der Waals surface area contributed by atoms with Crippen LogP contribution in [0, 0.1) is 0 Å². The average molecular weight is 274 g/mol. The van der Waals surface area contributed by atoms with Crippen LogP contribution in [0.1, 0.15) is 22.8 Å². The largest absolute Gasteiger partial charge is 0.343 e. The first kappa shape index (κ1) is 3.59. The van der Waals surface area contributed by atoms with Crippen LogP contribution < -0.4 is 5.08 Å².